The number of amides is 2. The first-order valence-corrected chi connectivity index (χ1v) is 8.03. The molecule has 2 aromatic heterocycles. The average molecular weight is 328 g/mol. The number of pyridine rings is 1. The fourth-order valence-corrected chi connectivity index (χ4v) is 2.83. The van der Waals surface area contributed by atoms with Gasteiger partial charge >= 0.3 is 0 Å². The maximum atomic E-state index is 12.3. The maximum absolute atomic E-state index is 12.3. The second kappa shape index (κ2) is 7.25. The summed E-state index contributed by atoms with van der Waals surface area (Å²) < 4.78 is 5.25. The van der Waals surface area contributed by atoms with Gasteiger partial charge in [0, 0.05) is 32.3 Å². The van der Waals surface area contributed by atoms with Crippen molar-refractivity contribution in [3.63, 3.8) is 0 Å². The minimum absolute atomic E-state index is 0.0164. The Morgan fingerprint density at radius 1 is 1.38 bits per heavy atom. The predicted molar refractivity (Wildman–Crippen MR) is 86.6 cm³/mol. The Hall–Kier alpha value is -2.70. The third-order valence-corrected chi connectivity index (χ3v) is 4.16. The molecule has 2 aromatic rings. The molecule has 24 heavy (non-hydrogen) atoms. The van der Waals surface area contributed by atoms with E-state index in [9.17, 15) is 9.59 Å². The van der Waals surface area contributed by atoms with Crippen LogP contribution in [-0.2, 0) is 16.1 Å². The van der Waals surface area contributed by atoms with Gasteiger partial charge in [0.25, 0.3) is 0 Å². The van der Waals surface area contributed by atoms with Crippen molar-refractivity contribution in [1.29, 1.82) is 0 Å². The standard InChI is InChI=1S/C17H20N4O3/c1-12(22)21-8-4-5-13(11-21)17(23)19-10-14-9-16(20-24-14)15-6-2-3-7-18-15/h2-3,6-7,9,13H,4-5,8,10-11H2,1H3,(H,19,23). The summed E-state index contributed by atoms with van der Waals surface area (Å²) in [6, 6.07) is 7.32. The van der Waals surface area contributed by atoms with Crippen LogP contribution < -0.4 is 5.32 Å². The van der Waals surface area contributed by atoms with E-state index in [4.69, 9.17) is 4.52 Å². The lowest BCUT2D eigenvalue weighted by atomic mass is 9.97. The summed E-state index contributed by atoms with van der Waals surface area (Å²) in [6.45, 7) is 3.02. The summed E-state index contributed by atoms with van der Waals surface area (Å²) in [5, 5.41) is 6.83. The predicted octanol–water partition coefficient (Wildman–Crippen LogP) is 1.61. The Morgan fingerprint density at radius 2 is 2.25 bits per heavy atom. The van der Waals surface area contributed by atoms with Crippen molar-refractivity contribution in [2.75, 3.05) is 13.1 Å². The zero-order chi connectivity index (χ0) is 16.9. The van der Waals surface area contributed by atoms with Gasteiger partial charge in [-0.2, -0.15) is 0 Å². The number of hydrogen-bond donors (Lipinski definition) is 1. The van der Waals surface area contributed by atoms with Crippen LogP contribution in [0.2, 0.25) is 0 Å². The van der Waals surface area contributed by atoms with E-state index in [0.717, 1.165) is 25.1 Å². The monoisotopic (exact) mass is 328 g/mol. The molecule has 3 rings (SSSR count). The molecule has 1 atom stereocenters. The highest BCUT2D eigenvalue weighted by molar-refractivity contribution is 5.80. The summed E-state index contributed by atoms with van der Waals surface area (Å²) in [6.07, 6.45) is 3.34. The Bertz CT molecular complexity index is 714. The van der Waals surface area contributed by atoms with Crippen molar-refractivity contribution < 1.29 is 14.1 Å². The van der Waals surface area contributed by atoms with E-state index in [1.54, 1.807) is 17.2 Å². The number of aromatic nitrogens is 2. The third kappa shape index (κ3) is 3.79. The fraction of sp³-hybridized carbons (Fsp3) is 0.412. The third-order valence-electron chi connectivity index (χ3n) is 4.16. The smallest absolute Gasteiger partial charge is 0.225 e. The number of likely N-dealkylation sites (tertiary alicyclic amines) is 1. The van der Waals surface area contributed by atoms with Crippen molar-refractivity contribution >= 4 is 11.8 Å². The molecule has 1 fully saturated rings. The van der Waals surface area contributed by atoms with E-state index in [1.165, 1.54) is 6.92 Å². The summed E-state index contributed by atoms with van der Waals surface area (Å²) in [4.78, 5) is 29.7. The van der Waals surface area contributed by atoms with Crippen molar-refractivity contribution in [3.8, 4) is 11.4 Å². The molecule has 1 saturated heterocycles. The molecule has 0 spiro atoms. The van der Waals surface area contributed by atoms with Crippen molar-refractivity contribution in [2.24, 2.45) is 5.92 Å². The molecular formula is C17H20N4O3. The fourth-order valence-electron chi connectivity index (χ4n) is 2.83. The molecule has 7 heteroatoms. The van der Waals surface area contributed by atoms with Gasteiger partial charge in [-0.25, -0.2) is 0 Å². The zero-order valence-electron chi connectivity index (χ0n) is 13.6. The molecule has 1 N–H and O–H groups in total. The molecule has 1 aliphatic heterocycles. The minimum Gasteiger partial charge on any atom is -0.359 e. The number of nitrogens with one attached hydrogen (secondary N) is 1. The summed E-state index contributed by atoms with van der Waals surface area (Å²) in [5.41, 5.74) is 1.36. The second-order valence-electron chi connectivity index (χ2n) is 5.92. The lowest BCUT2D eigenvalue weighted by Gasteiger charge is -2.31. The Kier molecular flexibility index (Phi) is 4.88. The first-order valence-electron chi connectivity index (χ1n) is 8.03. The molecule has 3 heterocycles. The van der Waals surface area contributed by atoms with Gasteiger partial charge in [0.2, 0.25) is 11.8 Å². The first-order chi connectivity index (χ1) is 11.6. The topological polar surface area (TPSA) is 88.3 Å². The van der Waals surface area contributed by atoms with Crippen LogP contribution in [0.1, 0.15) is 25.5 Å². The molecule has 0 saturated carbocycles. The van der Waals surface area contributed by atoms with Crippen LogP contribution in [0, 0.1) is 5.92 Å². The van der Waals surface area contributed by atoms with Crippen LogP contribution in [-0.4, -0.2) is 39.9 Å². The molecule has 7 nitrogen and oxygen atoms in total. The number of piperidine rings is 1. The van der Waals surface area contributed by atoms with Gasteiger partial charge in [-0.3, -0.25) is 14.6 Å². The van der Waals surface area contributed by atoms with E-state index in [0.29, 0.717) is 18.0 Å². The van der Waals surface area contributed by atoms with Gasteiger partial charge in [-0.05, 0) is 25.0 Å². The molecule has 0 aromatic carbocycles. The average Bonchev–Trinajstić information content (AvgIpc) is 3.09. The highest BCUT2D eigenvalue weighted by atomic mass is 16.5. The van der Waals surface area contributed by atoms with Gasteiger partial charge in [0.15, 0.2) is 5.76 Å². The van der Waals surface area contributed by atoms with Crippen LogP contribution >= 0.6 is 0 Å². The molecule has 126 valence electrons. The maximum Gasteiger partial charge on any atom is 0.225 e. The number of carbonyl (C=O) groups excluding carboxylic acids is 2. The van der Waals surface area contributed by atoms with Crippen molar-refractivity contribution in [1.82, 2.24) is 20.4 Å². The number of nitrogens with zero attached hydrogens (tertiary/aromatic N) is 3. The quantitative estimate of drug-likeness (QED) is 0.921. The Labute approximate surface area is 140 Å². The van der Waals surface area contributed by atoms with Crippen LogP contribution in [0.25, 0.3) is 11.4 Å². The van der Waals surface area contributed by atoms with Crippen molar-refractivity contribution in [2.45, 2.75) is 26.3 Å². The highest BCUT2D eigenvalue weighted by Crippen LogP contribution is 2.18. The number of hydrogen-bond acceptors (Lipinski definition) is 5. The lowest BCUT2D eigenvalue weighted by molar-refractivity contribution is -0.134. The Morgan fingerprint density at radius 3 is 3.00 bits per heavy atom. The van der Waals surface area contributed by atoms with E-state index >= 15 is 0 Å². The second-order valence-corrected chi connectivity index (χ2v) is 5.92. The number of carbonyl (C=O) groups is 2. The molecule has 2 amide bonds. The lowest BCUT2D eigenvalue weighted by Crippen LogP contribution is -2.44. The van der Waals surface area contributed by atoms with E-state index in [-0.39, 0.29) is 24.3 Å². The van der Waals surface area contributed by atoms with Gasteiger partial charge in [0.1, 0.15) is 5.69 Å². The summed E-state index contributed by atoms with van der Waals surface area (Å²) in [5.74, 6) is 0.364. The van der Waals surface area contributed by atoms with E-state index in [2.05, 4.69) is 15.5 Å². The molecule has 0 bridgehead atoms. The largest absolute Gasteiger partial charge is 0.359 e. The summed E-state index contributed by atoms with van der Waals surface area (Å²) >= 11 is 0. The van der Waals surface area contributed by atoms with E-state index in [1.807, 2.05) is 18.2 Å². The highest BCUT2D eigenvalue weighted by Gasteiger charge is 2.26. The van der Waals surface area contributed by atoms with Crippen LogP contribution in [0.3, 0.4) is 0 Å². The Balaban J connectivity index is 1.55. The van der Waals surface area contributed by atoms with Crippen LogP contribution in [0.4, 0.5) is 0 Å². The van der Waals surface area contributed by atoms with Crippen LogP contribution in [0.15, 0.2) is 35.0 Å². The number of rotatable bonds is 4. The van der Waals surface area contributed by atoms with Crippen LogP contribution in [0.5, 0.6) is 0 Å². The SMILES string of the molecule is CC(=O)N1CCCC(C(=O)NCc2cc(-c3ccccn3)no2)C1. The summed E-state index contributed by atoms with van der Waals surface area (Å²) in [7, 11) is 0. The van der Waals surface area contributed by atoms with E-state index < -0.39 is 0 Å². The van der Waals surface area contributed by atoms with Gasteiger partial charge in [0.05, 0.1) is 18.2 Å². The van der Waals surface area contributed by atoms with Crippen molar-refractivity contribution in [3.05, 3.63) is 36.2 Å². The first kappa shape index (κ1) is 16.2. The van der Waals surface area contributed by atoms with Gasteiger partial charge < -0.3 is 14.7 Å². The minimum atomic E-state index is -0.166. The molecule has 0 radical (unpaired) electrons. The normalized spacial score (nSPS) is 17.5. The molecular weight excluding hydrogens is 308 g/mol. The molecule has 1 aliphatic rings. The van der Waals surface area contributed by atoms with Gasteiger partial charge in [-0.15, -0.1) is 0 Å². The molecule has 1 unspecified atom stereocenters. The zero-order valence-corrected chi connectivity index (χ0v) is 13.6. The molecule has 0 aliphatic carbocycles. The van der Waals surface area contributed by atoms with Gasteiger partial charge in [-0.1, -0.05) is 11.2 Å².